The van der Waals surface area contributed by atoms with Crippen LogP contribution in [0.15, 0.2) is 18.2 Å². The first-order valence-electron chi connectivity index (χ1n) is 3.30. The first-order chi connectivity index (χ1) is 5.65. The Morgan fingerprint density at radius 2 is 2.25 bits per heavy atom. The van der Waals surface area contributed by atoms with E-state index in [2.05, 4.69) is 6.72 Å². The molecule has 1 rings (SSSR count). The Balaban J connectivity index is 3.17. The minimum atomic E-state index is -0.110. The summed E-state index contributed by atoms with van der Waals surface area (Å²) in [6, 6.07) is 4.35. The summed E-state index contributed by atoms with van der Waals surface area (Å²) in [4.78, 5) is 0. The molecule has 12 heavy (non-hydrogen) atoms. The molecular weight excluding hydrogens is 158 g/mol. The Morgan fingerprint density at radius 1 is 1.58 bits per heavy atom. The molecule has 0 saturated carbocycles. The quantitative estimate of drug-likeness (QED) is 0.312. The Bertz CT molecular complexity index is 309. The number of benzene rings is 1. The smallest absolute Gasteiger partial charge is 0.261 e. The van der Waals surface area contributed by atoms with Gasteiger partial charge in [-0.25, -0.2) is 0 Å². The van der Waals surface area contributed by atoms with Gasteiger partial charge in [-0.3, -0.25) is 0 Å². The summed E-state index contributed by atoms with van der Waals surface area (Å²) in [7, 11) is 1.48. The van der Waals surface area contributed by atoms with E-state index in [-0.39, 0.29) is 11.4 Å². The molecule has 0 saturated heterocycles. The molecule has 0 aliphatic rings. The number of aromatic hydroxyl groups is 1. The lowest BCUT2D eigenvalue weighted by atomic mass is 10.3. The van der Waals surface area contributed by atoms with Crippen LogP contribution >= 0.6 is 0 Å². The van der Waals surface area contributed by atoms with Crippen molar-refractivity contribution in [3.8, 4) is 11.5 Å². The van der Waals surface area contributed by atoms with Gasteiger partial charge in [-0.2, -0.15) is 4.74 Å². The van der Waals surface area contributed by atoms with Crippen LogP contribution in [0.3, 0.4) is 0 Å². The molecule has 0 unspecified atom stereocenters. The van der Waals surface area contributed by atoms with Crippen LogP contribution in [0, 0.1) is 5.21 Å². The van der Waals surface area contributed by atoms with Gasteiger partial charge in [0.25, 0.3) is 5.69 Å². The van der Waals surface area contributed by atoms with Gasteiger partial charge < -0.3 is 15.1 Å². The Kier molecular flexibility index (Phi) is 2.19. The van der Waals surface area contributed by atoms with Crippen LogP contribution in [-0.4, -0.2) is 23.7 Å². The van der Waals surface area contributed by atoms with E-state index in [1.54, 1.807) is 6.07 Å². The van der Waals surface area contributed by atoms with Gasteiger partial charge in [0, 0.05) is 0 Å². The average Bonchev–Trinajstić information content (AvgIpc) is 2.05. The van der Waals surface area contributed by atoms with Crippen LogP contribution in [0.2, 0.25) is 0 Å². The minimum Gasteiger partial charge on any atom is -0.619 e. The van der Waals surface area contributed by atoms with E-state index in [4.69, 9.17) is 9.84 Å². The van der Waals surface area contributed by atoms with Crippen LogP contribution < -0.4 is 4.74 Å². The molecular formula is C8H9NO3. The summed E-state index contributed by atoms with van der Waals surface area (Å²) >= 11 is 0. The second-order valence-electron chi connectivity index (χ2n) is 2.23. The second-order valence-corrected chi connectivity index (χ2v) is 2.23. The number of nitrogens with zero attached hydrogens (tertiary/aromatic N) is 1. The number of methoxy groups -OCH3 is 1. The lowest BCUT2D eigenvalue weighted by molar-refractivity contribution is -0.351. The highest BCUT2D eigenvalue weighted by Gasteiger charge is 2.08. The Morgan fingerprint density at radius 3 is 2.75 bits per heavy atom. The summed E-state index contributed by atoms with van der Waals surface area (Å²) in [6.45, 7) is 3.11. The van der Waals surface area contributed by atoms with Crippen molar-refractivity contribution in [3.05, 3.63) is 23.4 Å². The fourth-order valence-corrected chi connectivity index (χ4v) is 0.830. The van der Waals surface area contributed by atoms with Gasteiger partial charge in [-0.05, 0) is 12.1 Å². The van der Waals surface area contributed by atoms with Crippen molar-refractivity contribution >= 4 is 12.4 Å². The van der Waals surface area contributed by atoms with Crippen molar-refractivity contribution in [2.45, 2.75) is 0 Å². The third kappa shape index (κ3) is 1.47. The molecule has 0 aromatic heterocycles. The number of phenols is 1. The number of hydrogen-bond donors (Lipinski definition) is 1. The summed E-state index contributed by atoms with van der Waals surface area (Å²) in [5, 5.41) is 19.9. The highest BCUT2D eigenvalue weighted by atomic mass is 16.5. The monoisotopic (exact) mass is 167 g/mol. The molecule has 0 radical (unpaired) electrons. The Hall–Kier alpha value is -1.71. The predicted octanol–water partition coefficient (Wildman–Crippen LogP) is 1.24. The zero-order valence-electron chi connectivity index (χ0n) is 6.65. The van der Waals surface area contributed by atoms with E-state index < -0.39 is 0 Å². The molecule has 0 aliphatic carbocycles. The predicted molar refractivity (Wildman–Crippen MR) is 45.1 cm³/mol. The summed E-state index contributed by atoms with van der Waals surface area (Å²) in [5.41, 5.74) is 0.0920. The molecule has 0 fully saturated rings. The van der Waals surface area contributed by atoms with Gasteiger partial charge in [0.2, 0.25) is 0 Å². The first-order valence-corrected chi connectivity index (χ1v) is 3.30. The maximum absolute atomic E-state index is 10.7. The first kappa shape index (κ1) is 8.39. The molecule has 1 N–H and O–H groups in total. The van der Waals surface area contributed by atoms with Gasteiger partial charge in [0.1, 0.15) is 12.5 Å². The van der Waals surface area contributed by atoms with Crippen LogP contribution in [-0.2, 0) is 0 Å². The lowest BCUT2D eigenvalue weighted by Crippen LogP contribution is -1.91. The molecule has 4 nitrogen and oxygen atoms in total. The van der Waals surface area contributed by atoms with Crippen molar-refractivity contribution in [2.24, 2.45) is 0 Å². The highest BCUT2D eigenvalue weighted by Crippen LogP contribution is 2.28. The fourth-order valence-electron chi connectivity index (χ4n) is 0.830. The van der Waals surface area contributed by atoms with Gasteiger partial charge in [-0.15, -0.1) is 0 Å². The van der Waals surface area contributed by atoms with E-state index in [1.807, 2.05) is 0 Å². The molecule has 0 amide bonds. The maximum Gasteiger partial charge on any atom is 0.261 e. The standard InChI is InChI=1S/C8H9NO3/c1-9(11)7-5-6(12-2)3-4-8(7)10/h3-5,10H,1H2,2H3. The van der Waals surface area contributed by atoms with E-state index in [0.29, 0.717) is 10.5 Å². The van der Waals surface area contributed by atoms with Crippen LogP contribution in [0.4, 0.5) is 5.69 Å². The summed E-state index contributed by atoms with van der Waals surface area (Å²) in [5.74, 6) is 0.396. The Labute approximate surface area is 69.9 Å². The molecule has 4 heteroatoms. The van der Waals surface area contributed by atoms with E-state index in [1.165, 1.54) is 19.2 Å². The van der Waals surface area contributed by atoms with Crippen molar-refractivity contribution in [3.63, 3.8) is 0 Å². The lowest BCUT2D eigenvalue weighted by Gasteiger charge is -2.04. The molecule has 1 aromatic carbocycles. The zero-order valence-corrected chi connectivity index (χ0v) is 6.65. The normalized spacial score (nSPS) is 9.42. The molecule has 1 aromatic rings. The van der Waals surface area contributed by atoms with Crippen LogP contribution in [0.25, 0.3) is 0 Å². The topological polar surface area (TPSA) is 55.5 Å². The van der Waals surface area contributed by atoms with Gasteiger partial charge in [0.05, 0.1) is 13.2 Å². The fraction of sp³-hybridized carbons (Fsp3) is 0.125. The maximum atomic E-state index is 10.7. The van der Waals surface area contributed by atoms with Crippen molar-refractivity contribution in [1.82, 2.24) is 0 Å². The average molecular weight is 167 g/mol. The van der Waals surface area contributed by atoms with Crippen LogP contribution in [0.1, 0.15) is 0 Å². The van der Waals surface area contributed by atoms with Gasteiger partial charge in [0.15, 0.2) is 5.75 Å². The number of phenolic OH excluding ortho intramolecular Hbond substituents is 1. The summed E-state index contributed by atoms with van der Waals surface area (Å²) < 4.78 is 5.19. The van der Waals surface area contributed by atoms with Crippen LogP contribution in [0.5, 0.6) is 11.5 Å². The van der Waals surface area contributed by atoms with Gasteiger partial charge >= 0.3 is 0 Å². The molecule has 0 aliphatic heterocycles. The van der Waals surface area contributed by atoms with Crippen molar-refractivity contribution in [1.29, 1.82) is 0 Å². The number of ether oxygens (including phenoxy) is 1. The third-order valence-electron chi connectivity index (χ3n) is 1.45. The van der Waals surface area contributed by atoms with E-state index in [0.717, 1.165) is 0 Å². The van der Waals surface area contributed by atoms with Gasteiger partial charge in [-0.1, -0.05) is 0 Å². The highest BCUT2D eigenvalue weighted by molar-refractivity contribution is 5.51. The number of hydrogen-bond acceptors (Lipinski definition) is 3. The van der Waals surface area contributed by atoms with Crippen molar-refractivity contribution in [2.75, 3.05) is 7.11 Å². The second kappa shape index (κ2) is 3.13. The molecule has 64 valence electrons. The van der Waals surface area contributed by atoms with E-state index in [9.17, 15) is 5.21 Å². The third-order valence-corrected chi connectivity index (χ3v) is 1.45. The zero-order chi connectivity index (χ0) is 9.14. The van der Waals surface area contributed by atoms with E-state index >= 15 is 0 Å². The largest absolute Gasteiger partial charge is 0.619 e. The SMILES string of the molecule is C=[N+]([O-])c1cc(OC)ccc1O. The molecule has 0 atom stereocenters. The molecule has 0 heterocycles. The molecule has 0 spiro atoms. The number of rotatable bonds is 2. The summed E-state index contributed by atoms with van der Waals surface area (Å²) in [6.07, 6.45) is 0. The van der Waals surface area contributed by atoms with Crippen molar-refractivity contribution < 1.29 is 14.6 Å². The minimum absolute atomic E-state index is 0.0920. The molecule has 0 bridgehead atoms.